The van der Waals surface area contributed by atoms with E-state index in [-0.39, 0.29) is 5.48 Å². The molecule has 2 N–H and O–H groups in total. The first-order chi connectivity index (χ1) is 1.73. The van der Waals surface area contributed by atoms with Gasteiger partial charge in [0.05, 0.1) is 0 Å². The molecule has 38 valence electrons. The van der Waals surface area contributed by atoms with Crippen molar-refractivity contribution in [2.45, 2.75) is 0 Å². The van der Waals surface area contributed by atoms with Crippen LogP contribution in [0.15, 0.2) is 0 Å². The van der Waals surface area contributed by atoms with Crippen molar-refractivity contribution in [2.75, 3.05) is 0 Å². The minimum atomic E-state index is -1.92. The number of halogens is 3. The summed E-state index contributed by atoms with van der Waals surface area (Å²) < 4.78 is 0. The van der Waals surface area contributed by atoms with E-state index in [4.69, 9.17) is 28.8 Å². The molecule has 0 radical (unpaired) electrons. The fourth-order valence-electron chi connectivity index (χ4n) is 0. The minimum absolute atomic E-state index is 0. The zero-order valence-corrected chi connectivity index (χ0v) is 6.63. The van der Waals surface area contributed by atoms with Gasteiger partial charge in [-0.3, -0.25) is 0 Å². The second-order valence-corrected chi connectivity index (χ2v) is 10.5. The zero-order valence-electron chi connectivity index (χ0n) is 1.97. The van der Waals surface area contributed by atoms with Crippen LogP contribution >= 0.6 is 28.8 Å². The number of rotatable bonds is 0. The Balaban J connectivity index is 0. The van der Waals surface area contributed by atoms with Crippen LogP contribution in [0.5, 0.6) is 0 Å². The first-order valence-corrected chi connectivity index (χ1v) is 9.28. The van der Waals surface area contributed by atoms with Gasteiger partial charge in [-0.2, -0.15) is 0 Å². The predicted octanol–water partition coefficient (Wildman–Crippen LogP) is 1.24. The van der Waals surface area contributed by atoms with Crippen molar-refractivity contribution in [3.63, 3.8) is 0 Å². The maximum absolute atomic E-state index is 4.97. The summed E-state index contributed by atoms with van der Waals surface area (Å²) >= 11 is -1.92. The Labute approximate surface area is 47.7 Å². The summed E-state index contributed by atoms with van der Waals surface area (Å²) in [5, 5.41) is 0. The normalized spacial score (nSPS) is 9.00. The molecule has 5 heavy (non-hydrogen) atoms. The van der Waals surface area contributed by atoms with Crippen molar-refractivity contribution in [3.05, 3.63) is 0 Å². The second-order valence-electron chi connectivity index (χ2n) is 0.143. The van der Waals surface area contributed by atoms with Gasteiger partial charge in [0.15, 0.2) is 0 Å². The van der Waals surface area contributed by atoms with Gasteiger partial charge in [-0.15, -0.1) is 0 Å². The molecule has 0 atom stereocenters. The summed E-state index contributed by atoms with van der Waals surface area (Å²) in [7, 11) is 14.9. The Morgan fingerprint density at radius 1 is 1.00 bits per heavy atom. The molecule has 0 aliphatic carbocycles. The molecule has 0 aromatic carbocycles. The second kappa shape index (κ2) is 5.48. The van der Waals surface area contributed by atoms with E-state index < -0.39 is 13.5 Å². The Morgan fingerprint density at radius 3 is 1.00 bits per heavy atom. The van der Waals surface area contributed by atoms with Gasteiger partial charge in [0.1, 0.15) is 0 Å². The summed E-state index contributed by atoms with van der Waals surface area (Å²) in [6.07, 6.45) is 0. The van der Waals surface area contributed by atoms with E-state index in [0.717, 1.165) is 0 Å². The van der Waals surface area contributed by atoms with Gasteiger partial charge in [-0.05, 0) is 0 Å². The summed E-state index contributed by atoms with van der Waals surface area (Å²) in [4.78, 5) is 0. The predicted molar refractivity (Wildman–Crippen MR) is 21.2 cm³/mol. The Kier molecular flexibility index (Phi) is 10.6. The molecule has 0 saturated carbocycles. The van der Waals surface area contributed by atoms with E-state index in [9.17, 15) is 0 Å². The van der Waals surface area contributed by atoms with Crippen LogP contribution in [0.3, 0.4) is 0 Å². The first kappa shape index (κ1) is 9.70. The summed E-state index contributed by atoms with van der Waals surface area (Å²) in [5.41, 5.74) is 0. The van der Waals surface area contributed by atoms with Gasteiger partial charge < -0.3 is 5.48 Å². The summed E-state index contributed by atoms with van der Waals surface area (Å²) in [5.74, 6) is 0. The summed E-state index contributed by atoms with van der Waals surface area (Å²) in [6, 6.07) is 0. The third-order valence-corrected chi connectivity index (χ3v) is 0. The van der Waals surface area contributed by atoms with Gasteiger partial charge >= 0.3 is 42.2 Å². The fourth-order valence-corrected chi connectivity index (χ4v) is 0. The van der Waals surface area contributed by atoms with Crippen LogP contribution in [-0.2, 0) is 13.5 Å². The maximum atomic E-state index is 4.97. The standard InChI is InChI=1S/3ClH.Ir.H2O/h3*1H;;1H2/q;;;+3;/p-3. The molecule has 0 bridgehead atoms. The number of hydrogen-bond acceptors (Lipinski definition) is 0. The molecule has 0 fully saturated rings. The molecular weight excluding hydrogens is 315 g/mol. The SMILES string of the molecule is O.[Cl][Ir]([Cl])[Cl]. The van der Waals surface area contributed by atoms with Crippen LogP contribution in [0, 0.1) is 0 Å². The van der Waals surface area contributed by atoms with E-state index in [1.165, 1.54) is 0 Å². The van der Waals surface area contributed by atoms with Gasteiger partial charge in [0.2, 0.25) is 0 Å². The van der Waals surface area contributed by atoms with Crippen molar-refractivity contribution >= 4 is 28.8 Å². The van der Waals surface area contributed by atoms with Gasteiger partial charge in [0.25, 0.3) is 0 Å². The van der Waals surface area contributed by atoms with Crippen molar-refractivity contribution in [2.24, 2.45) is 0 Å². The first-order valence-electron chi connectivity index (χ1n) is 0.378. The molecule has 0 amide bonds. The topological polar surface area (TPSA) is 31.5 Å². The van der Waals surface area contributed by atoms with Gasteiger partial charge in [-0.25, -0.2) is 0 Å². The van der Waals surface area contributed by atoms with E-state index in [1.54, 1.807) is 0 Å². The van der Waals surface area contributed by atoms with E-state index in [2.05, 4.69) is 0 Å². The molecule has 0 saturated heterocycles. The molecule has 0 rings (SSSR count). The van der Waals surface area contributed by atoms with Crippen molar-refractivity contribution in [3.8, 4) is 0 Å². The van der Waals surface area contributed by atoms with Crippen molar-refractivity contribution < 1.29 is 18.9 Å². The summed E-state index contributed by atoms with van der Waals surface area (Å²) in [6.45, 7) is 0. The van der Waals surface area contributed by atoms with E-state index in [1.807, 2.05) is 0 Å². The van der Waals surface area contributed by atoms with E-state index >= 15 is 0 Å². The molecular formula is H2Cl3IrO. The van der Waals surface area contributed by atoms with Crippen LogP contribution in [0.25, 0.3) is 0 Å². The van der Waals surface area contributed by atoms with Crippen molar-refractivity contribution in [1.29, 1.82) is 0 Å². The molecule has 0 aliphatic rings. The zero-order chi connectivity index (χ0) is 3.58. The quantitative estimate of drug-likeness (QED) is 0.644. The molecule has 0 spiro atoms. The third-order valence-electron chi connectivity index (χ3n) is 0. The van der Waals surface area contributed by atoms with Crippen LogP contribution < -0.4 is 0 Å². The fraction of sp³-hybridized carbons (Fsp3) is 0. The molecule has 0 heterocycles. The monoisotopic (exact) mass is 316 g/mol. The average Bonchev–Trinajstić information content (AvgIpc) is 0.811. The Bertz CT molecular complexity index is 11.6. The molecule has 5 heteroatoms. The average molecular weight is 317 g/mol. The van der Waals surface area contributed by atoms with Crippen LogP contribution in [0.2, 0.25) is 0 Å². The van der Waals surface area contributed by atoms with Crippen LogP contribution in [0.4, 0.5) is 0 Å². The van der Waals surface area contributed by atoms with Crippen molar-refractivity contribution in [1.82, 2.24) is 0 Å². The number of hydrogen-bond donors (Lipinski definition) is 0. The molecule has 0 aromatic rings. The van der Waals surface area contributed by atoms with Gasteiger partial charge in [0, 0.05) is 0 Å². The van der Waals surface area contributed by atoms with Crippen LogP contribution in [-0.4, -0.2) is 5.48 Å². The molecule has 0 aromatic heterocycles. The Hall–Kier alpha value is 1.48. The van der Waals surface area contributed by atoms with Gasteiger partial charge in [-0.1, -0.05) is 0 Å². The molecule has 0 aliphatic heterocycles. The van der Waals surface area contributed by atoms with E-state index in [0.29, 0.717) is 0 Å². The Morgan fingerprint density at radius 2 is 1.00 bits per heavy atom. The molecule has 1 nitrogen and oxygen atoms in total. The van der Waals surface area contributed by atoms with Crippen LogP contribution in [0.1, 0.15) is 0 Å². The third kappa shape index (κ3) is 30.3. The molecule has 0 unspecified atom stereocenters.